The molecule has 2 aromatic rings. The van der Waals surface area contributed by atoms with Crippen molar-refractivity contribution in [3.05, 3.63) is 59.2 Å². The molecule has 3 fully saturated rings. The molecule has 0 radical (unpaired) electrons. The number of rotatable bonds is 4. The molecular weight excluding hydrogens is 380 g/mol. The summed E-state index contributed by atoms with van der Waals surface area (Å²) in [6.45, 7) is 3.92. The first-order chi connectivity index (χ1) is 14.4. The number of nitrogens with one attached hydrogen (secondary N) is 2. The van der Waals surface area contributed by atoms with E-state index in [2.05, 4.69) is 10.6 Å². The predicted molar refractivity (Wildman–Crippen MR) is 112 cm³/mol. The van der Waals surface area contributed by atoms with E-state index in [1.165, 1.54) is 0 Å². The van der Waals surface area contributed by atoms with E-state index in [1.54, 1.807) is 24.3 Å². The maximum absolute atomic E-state index is 12.9. The summed E-state index contributed by atoms with van der Waals surface area (Å²) in [5, 5.41) is 5.89. The molecule has 2 N–H and O–H groups in total. The van der Waals surface area contributed by atoms with Gasteiger partial charge in [-0.1, -0.05) is 18.2 Å². The predicted octanol–water partition coefficient (Wildman–Crippen LogP) is 3.69. The molecule has 5 rings (SSSR count). The molecule has 2 saturated carbocycles. The van der Waals surface area contributed by atoms with Crippen LogP contribution in [0.5, 0.6) is 0 Å². The molecule has 2 aliphatic carbocycles. The molecule has 154 valence electrons. The molecule has 30 heavy (non-hydrogen) atoms. The van der Waals surface area contributed by atoms with Crippen LogP contribution < -0.4 is 10.6 Å². The first-order valence-corrected chi connectivity index (χ1v) is 10.4. The topological polar surface area (TPSA) is 84.5 Å². The van der Waals surface area contributed by atoms with Crippen molar-refractivity contribution in [1.29, 1.82) is 0 Å². The van der Waals surface area contributed by atoms with E-state index in [9.17, 15) is 14.4 Å². The maximum atomic E-state index is 12.9. The minimum absolute atomic E-state index is 0.0197. The number of esters is 1. The van der Waals surface area contributed by atoms with Crippen LogP contribution in [-0.4, -0.2) is 23.9 Å². The zero-order valence-electron chi connectivity index (χ0n) is 17.0. The van der Waals surface area contributed by atoms with Crippen molar-refractivity contribution in [3.8, 4) is 0 Å². The number of amides is 2. The van der Waals surface area contributed by atoms with Gasteiger partial charge in [0.15, 0.2) is 0 Å². The Bertz CT molecular complexity index is 1020. The fourth-order valence-corrected chi connectivity index (χ4v) is 5.49. The molecule has 0 unspecified atom stereocenters. The van der Waals surface area contributed by atoms with Crippen LogP contribution >= 0.6 is 0 Å². The van der Waals surface area contributed by atoms with Crippen molar-refractivity contribution in [2.75, 3.05) is 10.6 Å². The smallest absolute Gasteiger partial charge is 0.310 e. The summed E-state index contributed by atoms with van der Waals surface area (Å²) in [6.07, 6.45) is 1.71. The highest BCUT2D eigenvalue weighted by atomic mass is 16.6. The summed E-state index contributed by atoms with van der Waals surface area (Å²) in [7, 11) is 0. The number of hydrogen-bond donors (Lipinski definition) is 2. The lowest BCUT2D eigenvalue weighted by Crippen LogP contribution is -2.35. The third-order valence-electron chi connectivity index (χ3n) is 6.92. The third-order valence-corrected chi connectivity index (χ3v) is 6.92. The average molecular weight is 404 g/mol. The van der Waals surface area contributed by atoms with Crippen LogP contribution in [-0.2, 0) is 14.3 Å². The van der Waals surface area contributed by atoms with Gasteiger partial charge in [0, 0.05) is 22.9 Å². The molecule has 1 aliphatic heterocycles. The van der Waals surface area contributed by atoms with Gasteiger partial charge in [0.2, 0.25) is 5.91 Å². The van der Waals surface area contributed by atoms with Gasteiger partial charge in [-0.2, -0.15) is 0 Å². The number of para-hydroxylation sites is 1. The molecule has 0 spiro atoms. The highest BCUT2D eigenvalue weighted by Crippen LogP contribution is 2.57. The van der Waals surface area contributed by atoms with Gasteiger partial charge >= 0.3 is 5.97 Å². The molecule has 6 nitrogen and oxygen atoms in total. The van der Waals surface area contributed by atoms with Crippen molar-refractivity contribution in [3.63, 3.8) is 0 Å². The van der Waals surface area contributed by atoms with Crippen LogP contribution in [0.3, 0.4) is 0 Å². The van der Waals surface area contributed by atoms with Gasteiger partial charge in [0.05, 0.1) is 11.8 Å². The molecule has 6 heteroatoms. The summed E-state index contributed by atoms with van der Waals surface area (Å²) < 4.78 is 5.41. The molecule has 2 bridgehead atoms. The zero-order chi connectivity index (χ0) is 21.0. The molecular formula is C24H24N2O4. The van der Waals surface area contributed by atoms with Crippen LogP contribution in [0.15, 0.2) is 42.5 Å². The fraction of sp³-hybridized carbons (Fsp3) is 0.375. The van der Waals surface area contributed by atoms with E-state index in [4.69, 9.17) is 4.74 Å². The average Bonchev–Trinajstić information content (AvgIpc) is 3.34. The lowest BCUT2D eigenvalue weighted by atomic mass is 9.79. The molecule has 2 amide bonds. The Morgan fingerprint density at radius 1 is 0.967 bits per heavy atom. The van der Waals surface area contributed by atoms with E-state index < -0.39 is 0 Å². The van der Waals surface area contributed by atoms with Gasteiger partial charge in [-0.3, -0.25) is 14.4 Å². The summed E-state index contributed by atoms with van der Waals surface area (Å²) in [5.74, 6) is -0.725. The first-order valence-electron chi connectivity index (χ1n) is 10.4. The highest BCUT2D eigenvalue weighted by Gasteiger charge is 2.63. The van der Waals surface area contributed by atoms with Crippen molar-refractivity contribution < 1.29 is 19.1 Å². The Kier molecular flexibility index (Phi) is 4.38. The summed E-state index contributed by atoms with van der Waals surface area (Å²) >= 11 is 0. The van der Waals surface area contributed by atoms with Crippen molar-refractivity contribution in [2.45, 2.75) is 32.8 Å². The zero-order valence-corrected chi connectivity index (χ0v) is 17.0. The normalized spacial score (nSPS) is 28.3. The number of fused-ring (bicyclic) bond motifs is 1. The van der Waals surface area contributed by atoms with Gasteiger partial charge in [0.1, 0.15) is 6.10 Å². The fourth-order valence-electron chi connectivity index (χ4n) is 5.49. The number of carbonyl (C=O) groups excluding carboxylic acids is 3. The Labute approximate surface area is 175 Å². The Hall–Kier alpha value is -3.15. The van der Waals surface area contributed by atoms with E-state index in [-0.39, 0.29) is 47.6 Å². The summed E-state index contributed by atoms with van der Waals surface area (Å²) in [4.78, 5) is 37.6. The molecule has 0 aromatic heterocycles. The summed E-state index contributed by atoms with van der Waals surface area (Å²) in [5.41, 5.74) is 3.96. The first kappa shape index (κ1) is 18.9. The highest BCUT2D eigenvalue weighted by molar-refractivity contribution is 6.05. The number of hydrogen-bond acceptors (Lipinski definition) is 4. The van der Waals surface area contributed by atoms with Gasteiger partial charge in [-0.25, -0.2) is 0 Å². The molecule has 5 atom stereocenters. The minimum atomic E-state index is -0.312. The van der Waals surface area contributed by atoms with Gasteiger partial charge in [-0.05, 0) is 68.0 Å². The SMILES string of the molecule is Cc1cccc(C)c1NC(=O)c1ccc(NC(=O)[C@@H]2[C@@H]3C[C@@H]4[C@H]2C(=O)O[C@H]4C3)cc1. The second-order valence-electron chi connectivity index (χ2n) is 8.71. The largest absolute Gasteiger partial charge is 0.462 e. The van der Waals surface area contributed by atoms with Crippen LogP contribution in [0, 0.1) is 37.5 Å². The van der Waals surface area contributed by atoms with Crippen molar-refractivity contribution >= 4 is 29.2 Å². The lowest BCUT2D eigenvalue weighted by molar-refractivity contribution is -0.145. The van der Waals surface area contributed by atoms with E-state index >= 15 is 0 Å². The maximum Gasteiger partial charge on any atom is 0.310 e. The van der Waals surface area contributed by atoms with Gasteiger partial charge in [0.25, 0.3) is 5.91 Å². The van der Waals surface area contributed by atoms with Crippen LogP contribution in [0.25, 0.3) is 0 Å². The minimum Gasteiger partial charge on any atom is -0.462 e. The van der Waals surface area contributed by atoms with E-state index in [1.807, 2.05) is 32.0 Å². The second-order valence-corrected chi connectivity index (χ2v) is 8.71. The monoisotopic (exact) mass is 404 g/mol. The third kappa shape index (κ3) is 2.98. The van der Waals surface area contributed by atoms with Gasteiger partial charge < -0.3 is 15.4 Å². The Morgan fingerprint density at radius 2 is 1.67 bits per heavy atom. The number of ether oxygens (including phenoxy) is 1. The van der Waals surface area contributed by atoms with Crippen LogP contribution in [0.4, 0.5) is 11.4 Å². The Balaban J connectivity index is 1.26. The number of anilines is 2. The number of benzene rings is 2. The number of carbonyl (C=O) groups is 3. The second kappa shape index (κ2) is 6.97. The van der Waals surface area contributed by atoms with Crippen molar-refractivity contribution in [1.82, 2.24) is 0 Å². The summed E-state index contributed by atoms with van der Waals surface area (Å²) in [6, 6.07) is 12.7. The molecule has 1 heterocycles. The number of aryl methyl sites for hydroxylation is 2. The molecule has 3 aliphatic rings. The quantitative estimate of drug-likeness (QED) is 0.761. The molecule has 1 saturated heterocycles. The van der Waals surface area contributed by atoms with Crippen LogP contribution in [0.2, 0.25) is 0 Å². The van der Waals surface area contributed by atoms with Crippen molar-refractivity contribution in [2.24, 2.45) is 23.7 Å². The molecule has 2 aromatic carbocycles. The van der Waals surface area contributed by atoms with Crippen LogP contribution in [0.1, 0.15) is 34.3 Å². The van der Waals surface area contributed by atoms with Gasteiger partial charge in [-0.15, -0.1) is 0 Å². The van der Waals surface area contributed by atoms with E-state index in [0.29, 0.717) is 11.3 Å². The van der Waals surface area contributed by atoms with E-state index in [0.717, 1.165) is 29.7 Å². The standard InChI is InChI=1S/C24H24N2O4/c1-12-4-3-5-13(2)21(12)26-22(27)14-6-8-16(9-7-14)25-23(28)19-15-10-17-18(11-15)30-24(29)20(17)19/h3-9,15,17-20H,10-11H2,1-2H3,(H,25,28)(H,26,27)/t15-,17+,18+,19-,20-/m1/s1. The Morgan fingerprint density at radius 3 is 2.37 bits per heavy atom. The lowest BCUT2D eigenvalue weighted by Gasteiger charge is -2.23.